The Bertz CT molecular complexity index is 1030. The number of aromatic nitrogens is 1. The Morgan fingerprint density at radius 3 is 2.54 bits per heavy atom. The number of fused-ring (bicyclic) bond motifs is 1. The molecule has 2 heterocycles. The maximum absolute atomic E-state index is 12.5. The van der Waals surface area contributed by atoms with Crippen LogP contribution < -0.4 is 20.7 Å². The monoisotopic (exact) mass is 486 g/mol. The fourth-order valence-corrected chi connectivity index (χ4v) is 3.79. The van der Waals surface area contributed by atoms with E-state index in [9.17, 15) is 19.2 Å². The number of rotatable bonds is 9. The number of aromatic amines is 1. The zero-order chi connectivity index (χ0) is 26.0. The Balaban J connectivity index is 0.00000100. The van der Waals surface area contributed by atoms with Gasteiger partial charge < -0.3 is 25.7 Å². The Hall–Kier alpha value is -3.36. The van der Waals surface area contributed by atoms with Crippen LogP contribution in [-0.2, 0) is 14.4 Å². The van der Waals surface area contributed by atoms with Crippen LogP contribution >= 0.6 is 0 Å². The van der Waals surface area contributed by atoms with Crippen molar-refractivity contribution in [1.29, 1.82) is 0 Å². The lowest BCUT2D eigenvalue weighted by molar-refractivity contribution is -0.130. The lowest BCUT2D eigenvalue weighted by Crippen LogP contribution is -2.48. The van der Waals surface area contributed by atoms with E-state index in [-0.39, 0.29) is 37.0 Å². The number of carbonyl (C=O) groups is 4. The van der Waals surface area contributed by atoms with Crippen LogP contribution in [0.25, 0.3) is 10.9 Å². The zero-order valence-electron chi connectivity index (χ0n) is 21.3. The number of methoxy groups -OCH3 is 1. The Morgan fingerprint density at radius 2 is 1.91 bits per heavy atom. The minimum absolute atomic E-state index is 0.0862. The molecule has 0 radical (unpaired) electrons. The van der Waals surface area contributed by atoms with Gasteiger partial charge in [0.25, 0.3) is 5.91 Å². The molecule has 35 heavy (non-hydrogen) atoms. The number of amides is 3. The normalized spacial score (nSPS) is 16.1. The van der Waals surface area contributed by atoms with Crippen LogP contribution in [0.5, 0.6) is 5.75 Å². The summed E-state index contributed by atoms with van der Waals surface area (Å²) in [6.45, 7) is 8.57. The highest BCUT2D eigenvalue weighted by atomic mass is 16.5. The predicted molar refractivity (Wildman–Crippen MR) is 135 cm³/mol. The van der Waals surface area contributed by atoms with Crippen LogP contribution in [0.1, 0.15) is 63.9 Å². The number of carbonyl (C=O) groups excluding carboxylic acids is 4. The topological polar surface area (TPSA) is 129 Å². The van der Waals surface area contributed by atoms with Gasteiger partial charge in [0.2, 0.25) is 11.8 Å². The Labute approximate surface area is 206 Å². The molecule has 1 aromatic carbocycles. The fraction of sp³-hybridized carbons (Fsp3) is 0.538. The number of hydrogen-bond donors (Lipinski definition) is 4. The molecule has 0 spiro atoms. The van der Waals surface area contributed by atoms with Gasteiger partial charge in [-0.25, -0.2) is 0 Å². The van der Waals surface area contributed by atoms with Gasteiger partial charge in [-0.05, 0) is 43.4 Å². The Morgan fingerprint density at radius 1 is 1.20 bits per heavy atom. The lowest BCUT2D eigenvalue weighted by atomic mass is 9.89. The number of nitrogens with one attached hydrogen (secondary N) is 4. The molecule has 9 nitrogen and oxygen atoms in total. The fourth-order valence-electron chi connectivity index (χ4n) is 3.79. The van der Waals surface area contributed by atoms with Crippen LogP contribution in [0, 0.1) is 11.8 Å². The molecule has 3 rings (SSSR count). The maximum Gasteiger partial charge on any atom is 0.268 e. The van der Waals surface area contributed by atoms with E-state index >= 15 is 0 Å². The quantitative estimate of drug-likeness (QED) is 0.433. The largest absolute Gasteiger partial charge is 0.496 e. The number of ether oxygens (including phenoxy) is 1. The SMILES string of the molecule is CC(C)C.CCC(=O)C(CC1CCCNC1=O)NC(=O)CNC(=O)c1cc2c(OC)cccc2[nH]1. The molecule has 2 aromatic rings. The minimum Gasteiger partial charge on any atom is -0.496 e. The summed E-state index contributed by atoms with van der Waals surface area (Å²) in [7, 11) is 1.55. The molecule has 1 aliphatic rings. The summed E-state index contributed by atoms with van der Waals surface area (Å²) in [4.78, 5) is 52.2. The molecule has 1 saturated heterocycles. The van der Waals surface area contributed by atoms with Crippen LogP contribution in [0.2, 0.25) is 0 Å². The third kappa shape index (κ3) is 8.42. The summed E-state index contributed by atoms with van der Waals surface area (Å²) < 4.78 is 5.29. The average molecular weight is 487 g/mol. The first-order valence-electron chi connectivity index (χ1n) is 12.2. The molecule has 1 fully saturated rings. The van der Waals surface area contributed by atoms with Crippen LogP contribution in [0.4, 0.5) is 0 Å². The molecule has 1 aliphatic heterocycles. The van der Waals surface area contributed by atoms with Crippen LogP contribution in [0.15, 0.2) is 24.3 Å². The van der Waals surface area contributed by atoms with Crippen molar-refractivity contribution >= 4 is 34.4 Å². The van der Waals surface area contributed by atoms with Crippen molar-refractivity contribution in [2.45, 2.75) is 59.4 Å². The first-order valence-corrected chi connectivity index (χ1v) is 12.2. The third-order valence-electron chi connectivity index (χ3n) is 5.49. The second-order valence-corrected chi connectivity index (χ2v) is 9.33. The van der Waals surface area contributed by atoms with Crippen molar-refractivity contribution in [1.82, 2.24) is 20.9 Å². The molecule has 0 saturated carbocycles. The van der Waals surface area contributed by atoms with Gasteiger partial charge in [0.1, 0.15) is 11.4 Å². The molecule has 4 N–H and O–H groups in total. The molecular weight excluding hydrogens is 448 g/mol. The highest BCUT2D eigenvalue weighted by Gasteiger charge is 2.29. The molecule has 0 bridgehead atoms. The van der Waals surface area contributed by atoms with Gasteiger partial charge in [-0.15, -0.1) is 0 Å². The number of hydrogen-bond acceptors (Lipinski definition) is 5. The highest BCUT2D eigenvalue weighted by Crippen LogP contribution is 2.26. The second-order valence-electron chi connectivity index (χ2n) is 9.33. The molecule has 0 aliphatic carbocycles. The number of piperidine rings is 1. The average Bonchev–Trinajstić information content (AvgIpc) is 3.27. The van der Waals surface area contributed by atoms with E-state index in [2.05, 4.69) is 41.7 Å². The van der Waals surface area contributed by atoms with E-state index in [4.69, 9.17) is 4.74 Å². The van der Waals surface area contributed by atoms with Crippen molar-refractivity contribution in [2.24, 2.45) is 11.8 Å². The number of benzene rings is 1. The van der Waals surface area contributed by atoms with Crippen molar-refractivity contribution in [2.75, 3.05) is 20.2 Å². The molecule has 2 atom stereocenters. The van der Waals surface area contributed by atoms with Gasteiger partial charge in [-0.2, -0.15) is 0 Å². The Kier molecular flexibility index (Phi) is 10.8. The number of ketones is 1. The van der Waals surface area contributed by atoms with Crippen molar-refractivity contribution in [3.8, 4) is 5.75 Å². The molecule has 2 unspecified atom stereocenters. The van der Waals surface area contributed by atoms with E-state index in [1.54, 1.807) is 26.2 Å². The first-order chi connectivity index (χ1) is 16.7. The molecular formula is C26H38N4O5. The van der Waals surface area contributed by atoms with Gasteiger partial charge in [0.15, 0.2) is 5.78 Å². The van der Waals surface area contributed by atoms with Crippen LogP contribution in [0.3, 0.4) is 0 Å². The summed E-state index contributed by atoms with van der Waals surface area (Å²) in [5, 5.41) is 8.79. The summed E-state index contributed by atoms with van der Waals surface area (Å²) in [5.41, 5.74) is 1.04. The summed E-state index contributed by atoms with van der Waals surface area (Å²) in [6, 6.07) is 6.34. The summed E-state index contributed by atoms with van der Waals surface area (Å²) in [6.07, 6.45) is 2.06. The van der Waals surface area contributed by atoms with E-state index in [0.29, 0.717) is 24.4 Å². The van der Waals surface area contributed by atoms with Gasteiger partial charge in [-0.1, -0.05) is 33.8 Å². The van der Waals surface area contributed by atoms with Crippen molar-refractivity contribution < 1.29 is 23.9 Å². The number of Topliss-reactive ketones (excluding diaryl/α,β-unsaturated/α-hetero) is 1. The van der Waals surface area contributed by atoms with E-state index < -0.39 is 17.9 Å². The van der Waals surface area contributed by atoms with Crippen molar-refractivity contribution in [3.05, 3.63) is 30.0 Å². The minimum atomic E-state index is -0.749. The number of H-pyrrole nitrogens is 1. The van der Waals surface area contributed by atoms with E-state index in [1.807, 2.05) is 12.1 Å². The maximum atomic E-state index is 12.5. The van der Waals surface area contributed by atoms with Crippen molar-refractivity contribution in [3.63, 3.8) is 0 Å². The second kappa shape index (κ2) is 13.5. The first kappa shape index (κ1) is 27.9. The smallest absolute Gasteiger partial charge is 0.268 e. The van der Waals surface area contributed by atoms with E-state index in [0.717, 1.165) is 23.2 Å². The van der Waals surface area contributed by atoms with Crippen LogP contribution in [-0.4, -0.2) is 54.7 Å². The highest BCUT2D eigenvalue weighted by molar-refractivity contribution is 6.01. The third-order valence-corrected chi connectivity index (χ3v) is 5.49. The molecule has 3 amide bonds. The molecule has 9 heteroatoms. The zero-order valence-corrected chi connectivity index (χ0v) is 21.3. The van der Waals surface area contributed by atoms with Gasteiger partial charge in [0.05, 0.1) is 19.7 Å². The molecule has 192 valence electrons. The predicted octanol–water partition coefficient (Wildman–Crippen LogP) is 2.95. The van der Waals surface area contributed by atoms with Gasteiger partial charge >= 0.3 is 0 Å². The van der Waals surface area contributed by atoms with E-state index in [1.165, 1.54) is 0 Å². The summed E-state index contributed by atoms with van der Waals surface area (Å²) in [5.74, 6) is 0.0184. The lowest BCUT2D eigenvalue weighted by Gasteiger charge is -2.26. The van der Waals surface area contributed by atoms with Gasteiger partial charge in [-0.3, -0.25) is 19.2 Å². The van der Waals surface area contributed by atoms with Gasteiger partial charge in [0, 0.05) is 29.8 Å². The summed E-state index contributed by atoms with van der Waals surface area (Å²) >= 11 is 0. The molecule has 1 aromatic heterocycles. The standard InChI is InChI=1S/C22H28N4O5.C4H10/c1-3-18(27)16(10-13-6-5-9-23-21(13)29)26-20(28)12-24-22(30)17-11-14-15(25-17)7-4-8-19(14)31-2;1-4(2)3/h4,7-8,11,13,16,25H,3,5-6,9-10,12H2,1-2H3,(H,23,29)(H,24,30)(H,26,28);4H,1-3H3.